The Morgan fingerprint density at radius 2 is 1.79 bits per heavy atom. The molecule has 1 aliphatic carbocycles. The van der Waals surface area contributed by atoms with Gasteiger partial charge < -0.3 is 10.2 Å². The van der Waals surface area contributed by atoms with Gasteiger partial charge in [0.25, 0.3) is 0 Å². The molecule has 1 N–H and O–H groups in total. The van der Waals surface area contributed by atoms with Crippen molar-refractivity contribution >= 4 is 17.5 Å². The van der Waals surface area contributed by atoms with Gasteiger partial charge in [-0.1, -0.05) is 6.07 Å². The molecule has 0 bridgehead atoms. The van der Waals surface area contributed by atoms with E-state index >= 15 is 0 Å². The zero-order valence-corrected chi connectivity index (χ0v) is 11.7. The second-order valence-electron chi connectivity index (χ2n) is 5.30. The first-order chi connectivity index (χ1) is 8.95. The number of aryl methyl sites for hydroxylation is 2. The molecule has 0 atom stereocenters. The number of amides is 2. The molecule has 0 heterocycles. The van der Waals surface area contributed by atoms with Gasteiger partial charge in [-0.05, 0) is 49.9 Å². The van der Waals surface area contributed by atoms with E-state index in [1.807, 2.05) is 26.0 Å². The van der Waals surface area contributed by atoms with E-state index in [0.29, 0.717) is 0 Å². The van der Waals surface area contributed by atoms with E-state index in [9.17, 15) is 9.59 Å². The number of hydrogen-bond acceptors (Lipinski definition) is 2. The summed E-state index contributed by atoms with van der Waals surface area (Å²) in [4.78, 5) is 25.1. The molecule has 4 heteroatoms. The lowest BCUT2D eigenvalue weighted by molar-refractivity contribution is -0.133. The molecule has 1 saturated carbocycles. The monoisotopic (exact) mass is 260 g/mol. The average Bonchev–Trinajstić information content (AvgIpc) is 3.07. The summed E-state index contributed by atoms with van der Waals surface area (Å²) in [6, 6.07) is 6.18. The topological polar surface area (TPSA) is 49.4 Å². The molecule has 2 rings (SSSR count). The van der Waals surface area contributed by atoms with Crippen LogP contribution < -0.4 is 5.32 Å². The highest BCUT2D eigenvalue weighted by Gasteiger charge is 2.31. The lowest BCUT2D eigenvalue weighted by atomic mass is 10.1. The molecule has 0 spiro atoms. The van der Waals surface area contributed by atoms with Gasteiger partial charge in [0.15, 0.2) is 0 Å². The van der Waals surface area contributed by atoms with Crippen LogP contribution in [0.3, 0.4) is 0 Å². The molecule has 0 radical (unpaired) electrons. The molecule has 102 valence electrons. The molecule has 0 aliphatic heterocycles. The maximum Gasteiger partial charge on any atom is 0.244 e. The third-order valence-electron chi connectivity index (χ3n) is 3.21. The maximum absolute atomic E-state index is 12.0. The van der Waals surface area contributed by atoms with Crippen LogP contribution in [0.4, 0.5) is 5.69 Å². The van der Waals surface area contributed by atoms with Crippen molar-refractivity contribution < 1.29 is 9.59 Å². The Morgan fingerprint density at radius 1 is 1.21 bits per heavy atom. The first kappa shape index (κ1) is 13.6. The Balaban J connectivity index is 1.98. The molecule has 1 aromatic carbocycles. The SMILES string of the molecule is CC(=O)N(CC(=O)Nc1cc(C)cc(C)c1)C1CC1. The van der Waals surface area contributed by atoms with Crippen molar-refractivity contribution in [3.63, 3.8) is 0 Å². The molecule has 4 nitrogen and oxygen atoms in total. The van der Waals surface area contributed by atoms with E-state index in [2.05, 4.69) is 11.4 Å². The summed E-state index contributed by atoms with van der Waals surface area (Å²) < 4.78 is 0. The normalized spacial score (nSPS) is 14.1. The number of carbonyl (C=O) groups is 2. The first-order valence-corrected chi connectivity index (χ1v) is 6.61. The minimum Gasteiger partial charge on any atom is -0.331 e. The maximum atomic E-state index is 12.0. The third kappa shape index (κ3) is 3.81. The Labute approximate surface area is 113 Å². The van der Waals surface area contributed by atoms with E-state index in [4.69, 9.17) is 0 Å². The van der Waals surface area contributed by atoms with Crippen LogP contribution in [0.2, 0.25) is 0 Å². The lowest BCUT2D eigenvalue weighted by Crippen LogP contribution is -2.38. The second kappa shape index (κ2) is 5.43. The van der Waals surface area contributed by atoms with E-state index < -0.39 is 0 Å². The Kier molecular flexibility index (Phi) is 3.88. The minimum atomic E-state index is -0.132. The van der Waals surface area contributed by atoms with Gasteiger partial charge in [0, 0.05) is 18.7 Å². The highest BCUT2D eigenvalue weighted by atomic mass is 16.2. The van der Waals surface area contributed by atoms with Gasteiger partial charge >= 0.3 is 0 Å². The standard InChI is InChI=1S/C15H20N2O2/c1-10-6-11(2)8-13(7-10)16-15(19)9-17(12(3)18)14-4-5-14/h6-8,14H,4-5,9H2,1-3H3,(H,16,19). The Hall–Kier alpha value is -1.84. The summed E-state index contributed by atoms with van der Waals surface area (Å²) >= 11 is 0. The van der Waals surface area contributed by atoms with Gasteiger partial charge in [0.05, 0.1) is 0 Å². The van der Waals surface area contributed by atoms with Crippen molar-refractivity contribution in [3.05, 3.63) is 29.3 Å². The minimum absolute atomic E-state index is 0.0296. The molecular weight excluding hydrogens is 240 g/mol. The number of rotatable bonds is 4. The summed E-state index contributed by atoms with van der Waals surface area (Å²) in [6.07, 6.45) is 2.02. The van der Waals surface area contributed by atoms with Gasteiger partial charge in [-0.25, -0.2) is 0 Å². The van der Waals surface area contributed by atoms with Crippen LogP contribution in [-0.4, -0.2) is 29.3 Å². The zero-order valence-electron chi connectivity index (χ0n) is 11.7. The number of nitrogens with zero attached hydrogens (tertiary/aromatic N) is 1. The zero-order chi connectivity index (χ0) is 14.0. The van der Waals surface area contributed by atoms with Crippen LogP contribution in [0, 0.1) is 13.8 Å². The number of benzene rings is 1. The molecule has 1 aromatic rings. The summed E-state index contributed by atoms with van der Waals surface area (Å²) in [5.41, 5.74) is 3.02. The van der Waals surface area contributed by atoms with E-state index in [0.717, 1.165) is 29.7 Å². The second-order valence-corrected chi connectivity index (χ2v) is 5.30. The van der Waals surface area contributed by atoms with Crippen LogP contribution in [0.5, 0.6) is 0 Å². The van der Waals surface area contributed by atoms with Crippen LogP contribution in [-0.2, 0) is 9.59 Å². The van der Waals surface area contributed by atoms with Gasteiger partial charge in [0.2, 0.25) is 11.8 Å². The van der Waals surface area contributed by atoms with Gasteiger partial charge in [-0.2, -0.15) is 0 Å². The van der Waals surface area contributed by atoms with Crippen LogP contribution in [0.15, 0.2) is 18.2 Å². The quantitative estimate of drug-likeness (QED) is 0.902. The molecule has 2 amide bonds. The fourth-order valence-corrected chi connectivity index (χ4v) is 2.29. The molecule has 0 saturated heterocycles. The Morgan fingerprint density at radius 3 is 2.26 bits per heavy atom. The molecule has 1 fully saturated rings. The number of nitrogens with one attached hydrogen (secondary N) is 1. The molecule has 0 unspecified atom stereocenters. The fourth-order valence-electron chi connectivity index (χ4n) is 2.29. The summed E-state index contributed by atoms with van der Waals surface area (Å²) in [7, 11) is 0. The molecule has 19 heavy (non-hydrogen) atoms. The highest BCUT2D eigenvalue weighted by Crippen LogP contribution is 2.26. The van der Waals surface area contributed by atoms with E-state index in [1.165, 1.54) is 6.92 Å². The fraction of sp³-hybridized carbons (Fsp3) is 0.467. The van der Waals surface area contributed by atoms with Crippen molar-refractivity contribution in [3.8, 4) is 0 Å². The van der Waals surface area contributed by atoms with Gasteiger partial charge in [-0.3, -0.25) is 9.59 Å². The van der Waals surface area contributed by atoms with Crippen molar-refractivity contribution in [2.45, 2.75) is 39.7 Å². The average molecular weight is 260 g/mol. The highest BCUT2D eigenvalue weighted by molar-refractivity contribution is 5.94. The summed E-state index contributed by atoms with van der Waals surface area (Å²) in [5.74, 6) is -0.162. The van der Waals surface area contributed by atoms with Crippen LogP contribution in [0.1, 0.15) is 30.9 Å². The smallest absolute Gasteiger partial charge is 0.244 e. The predicted octanol–water partition coefficient (Wildman–Crippen LogP) is 2.25. The largest absolute Gasteiger partial charge is 0.331 e. The van der Waals surface area contributed by atoms with Crippen LogP contribution in [0.25, 0.3) is 0 Å². The van der Waals surface area contributed by atoms with E-state index in [1.54, 1.807) is 4.90 Å². The Bertz CT molecular complexity index is 487. The van der Waals surface area contributed by atoms with Gasteiger partial charge in [-0.15, -0.1) is 0 Å². The van der Waals surface area contributed by atoms with Crippen molar-refractivity contribution in [1.82, 2.24) is 4.90 Å². The molecule has 0 aromatic heterocycles. The number of hydrogen-bond donors (Lipinski definition) is 1. The number of anilines is 1. The molecule has 1 aliphatic rings. The summed E-state index contributed by atoms with van der Waals surface area (Å²) in [6.45, 7) is 5.65. The van der Waals surface area contributed by atoms with Crippen molar-refractivity contribution in [2.24, 2.45) is 0 Å². The molecular formula is C15H20N2O2. The first-order valence-electron chi connectivity index (χ1n) is 6.61. The van der Waals surface area contributed by atoms with E-state index in [-0.39, 0.29) is 24.4 Å². The lowest BCUT2D eigenvalue weighted by Gasteiger charge is -2.20. The summed E-state index contributed by atoms with van der Waals surface area (Å²) in [5, 5.41) is 2.86. The van der Waals surface area contributed by atoms with Crippen molar-refractivity contribution in [1.29, 1.82) is 0 Å². The predicted molar refractivity (Wildman–Crippen MR) is 75.0 cm³/mol. The van der Waals surface area contributed by atoms with Crippen LogP contribution >= 0.6 is 0 Å². The van der Waals surface area contributed by atoms with Gasteiger partial charge in [0.1, 0.15) is 6.54 Å². The third-order valence-corrected chi connectivity index (χ3v) is 3.21. The van der Waals surface area contributed by atoms with Crippen molar-refractivity contribution in [2.75, 3.05) is 11.9 Å². The number of carbonyl (C=O) groups excluding carboxylic acids is 2.